The lowest BCUT2D eigenvalue weighted by Gasteiger charge is -2.13. The van der Waals surface area contributed by atoms with Crippen molar-refractivity contribution in [1.82, 2.24) is 10.3 Å². The van der Waals surface area contributed by atoms with Crippen LogP contribution in [-0.2, 0) is 0 Å². The number of hydrogen-bond acceptors (Lipinski definition) is 5. The molecule has 0 saturated carbocycles. The van der Waals surface area contributed by atoms with Crippen LogP contribution in [0.3, 0.4) is 0 Å². The number of carbonyl (C=O) groups excluding carboxylic acids is 1. The van der Waals surface area contributed by atoms with Gasteiger partial charge in [-0.25, -0.2) is 9.37 Å². The van der Waals surface area contributed by atoms with Gasteiger partial charge < -0.3 is 5.32 Å². The number of carbonyl (C=O) groups is 1. The number of thioether (sulfide) groups is 1. The third-order valence-electron chi connectivity index (χ3n) is 3.72. The number of thiazole rings is 1. The number of aryl methyl sites for hydroxylation is 1. The number of hydrogen-bond donors (Lipinski definition) is 1. The van der Waals surface area contributed by atoms with Crippen LogP contribution >= 0.6 is 34.4 Å². The minimum Gasteiger partial charge on any atom is -0.344 e. The molecule has 0 aliphatic heterocycles. The molecule has 1 amide bonds. The van der Waals surface area contributed by atoms with Gasteiger partial charge in [0, 0.05) is 10.5 Å². The molecule has 1 unspecified atom stereocenters. The molecule has 0 radical (unpaired) electrons. The molecule has 1 N–H and O–H groups in total. The molecule has 2 heterocycles. The Morgan fingerprint density at radius 3 is 2.59 bits per heavy atom. The molecule has 3 aromatic rings. The number of thiophene rings is 1. The van der Waals surface area contributed by atoms with Crippen molar-refractivity contribution in [3.05, 3.63) is 57.0 Å². The van der Waals surface area contributed by atoms with E-state index in [-0.39, 0.29) is 21.6 Å². The smallest absolute Gasteiger partial charge is 0.288 e. The SMILES string of the molecule is Cc1nc(-c2ccc(F)cc2)sc1C(C)NC(=O)c1sccc1SC(F)F. The highest BCUT2D eigenvalue weighted by atomic mass is 32.2. The van der Waals surface area contributed by atoms with Crippen molar-refractivity contribution in [3.8, 4) is 10.6 Å². The Bertz CT molecular complexity index is 938. The second-order valence-electron chi connectivity index (χ2n) is 5.66. The van der Waals surface area contributed by atoms with Gasteiger partial charge in [0.1, 0.15) is 15.7 Å². The average molecular weight is 429 g/mol. The van der Waals surface area contributed by atoms with Gasteiger partial charge in [-0.15, -0.1) is 22.7 Å². The minimum atomic E-state index is -2.58. The van der Waals surface area contributed by atoms with Crippen molar-refractivity contribution < 1.29 is 18.0 Å². The van der Waals surface area contributed by atoms with Crippen LogP contribution in [0, 0.1) is 12.7 Å². The summed E-state index contributed by atoms with van der Waals surface area (Å²) >= 11 is 2.91. The number of nitrogens with zero attached hydrogens (tertiary/aromatic N) is 1. The number of benzene rings is 1. The van der Waals surface area contributed by atoms with E-state index in [0.717, 1.165) is 32.5 Å². The monoisotopic (exact) mass is 428 g/mol. The molecule has 3 nitrogen and oxygen atoms in total. The normalized spacial score (nSPS) is 12.4. The van der Waals surface area contributed by atoms with Crippen LogP contribution in [-0.4, -0.2) is 16.6 Å². The number of aromatic nitrogens is 1. The van der Waals surface area contributed by atoms with E-state index in [0.29, 0.717) is 11.8 Å². The topological polar surface area (TPSA) is 42.0 Å². The fraction of sp³-hybridized carbons (Fsp3) is 0.222. The van der Waals surface area contributed by atoms with Crippen LogP contribution in [0.4, 0.5) is 13.2 Å². The number of amides is 1. The minimum absolute atomic E-state index is 0.271. The van der Waals surface area contributed by atoms with Crippen molar-refractivity contribution in [2.24, 2.45) is 0 Å². The molecule has 27 heavy (non-hydrogen) atoms. The molecular formula is C18H15F3N2OS3. The standard InChI is InChI=1S/C18H15F3N2OS3/c1-9(22-16(24)15-13(7-8-25-15)26-18(20)21)14-10(2)23-17(27-14)11-3-5-12(19)6-4-11/h3-9,18H,1-2H3,(H,22,24). The van der Waals surface area contributed by atoms with Gasteiger partial charge in [0.05, 0.1) is 16.6 Å². The van der Waals surface area contributed by atoms with Crippen molar-refractivity contribution in [1.29, 1.82) is 0 Å². The molecule has 142 valence electrons. The highest BCUT2D eigenvalue weighted by Gasteiger charge is 2.21. The van der Waals surface area contributed by atoms with E-state index in [1.165, 1.54) is 29.5 Å². The fourth-order valence-corrected chi connectivity index (χ4v) is 5.18. The van der Waals surface area contributed by atoms with Gasteiger partial charge in [-0.3, -0.25) is 4.79 Å². The second-order valence-corrected chi connectivity index (χ2v) is 8.64. The Morgan fingerprint density at radius 2 is 1.93 bits per heavy atom. The molecule has 0 aliphatic carbocycles. The summed E-state index contributed by atoms with van der Waals surface area (Å²) < 4.78 is 38.3. The van der Waals surface area contributed by atoms with Gasteiger partial charge in [0.2, 0.25) is 0 Å². The van der Waals surface area contributed by atoms with Crippen molar-refractivity contribution >= 4 is 40.3 Å². The van der Waals surface area contributed by atoms with Gasteiger partial charge in [-0.05, 0) is 49.6 Å². The molecule has 0 fully saturated rings. The summed E-state index contributed by atoms with van der Waals surface area (Å²) in [6.07, 6.45) is 0. The Balaban J connectivity index is 1.76. The van der Waals surface area contributed by atoms with Crippen LogP contribution in [0.5, 0.6) is 0 Å². The maximum atomic E-state index is 13.1. The highest BCUT2D eigenvalue weighted by Crippen LogP contribution is 2.34. The summed E-state index contributed by atoms with van der Waals surface area (Å²) in [6, 6.07) is 7.23. The molecule has 0 saturated heterocycles. The van der Waals surface area contributed by atoms with E-state index in [9.17, 15) is 18.0 Å². The van der Waals surface area contributed by atoms with Gasteiger partial charge in [0.15, 0.2) is 0 Å². The molecule has 0 spiro atoms. The Hall–Kier alpha value is -1.84. The van der Waals surface area contributed by atoms with Gasteiger partial charge in [-0.1, -0.05) is 11.8 Å². The van der Waals surface area contributed by atoms with Crippen LogP contribution in [0.25, 0.3) is 10.6 Å². The fourth-order valence-electron chi connectivity index (χ4n) is 2.51. The second kappa shape index (κ2) is 8.45. The van der Waals surface area contributed by atoms with E-state index >= 15 is 0 Å². The highest BCUT2D eigenvalue weighted by molar-refractivity contribution is 7.99. The van der Waals surface area contributed by atoms with Crippen molar-refractivity contribution in [2.75, 3.05) is 0 Å². The molecule has 9 heteroatoms. The largest absolute Gasteiger partial charge is 0.344 e. The average Bonchev–Trinajstić information content (AvgIpc) is 3.21. The summed E-state index contributed by atoms with van der Waals surface area (Å²) in [5, 5.41) is 5.20. The zero-order valence-electron chi connectivity index (χ0n) is 14.3. The summed E-state index contributed by atoms with van der Waals surface area (Å²) in [5.74, 6) is -3.29. The van der Waals surface area contributed by atoms with E-state index < -0.39 is 11.7 Å². The van der Waals surface area contributed by atoms with E-state index in [1.54, 1.807) is 17.5 Å². The molecule has 2 aromatic heterocycles. The van der Waals surface area contributed by atoms with E-state index in [4.69, 9.17) is 0 Å². The Morgan fingerprint density at radius 1 is 1.22 bits per heavy atom. The quantitative estimate of drug-likeness (QED) is 0.481. The summed E-state index contributed by atoms with van der Waals surface area (Å²) in [5.41, 5.74) is 1.56. The Labute approximate surface area is 166 Å². The van der Waals surface area contributed by atoms with Crippen LogP contribution in [0.1, 0.15) is 33.2 Å². The van der Waals surface area contributed by atoms with Crippen LogP contribution in [0.15, 0.2) is 40.6 Å². The van der Waals surface area contributed by atoms with E-state index in [1.807, 2.05) is 13.8 Å². The molecule has 0 aliphatic rings. The Kier molecular flexibility index (Phi) is 6.23. The first-order valence-electron chi connectivity index (χ1n) is 7.91. The van der Waals surface area contributed by atoms with Crippen LogP contribution in [0.2, 0.25) is 0 Å². The number of rotatable bonds is 6. The summed E-state index contributed by atoms with van der Waals surface area (Å²) in [7, 11) is 0. The molecule has 0 bridgehead atoms. The number of halogens is 3. The first kappa shape index (κ1) is 19.9. The maximum Gasteiger partial charge on any atom is 0.288 e. The lowest BCUT2D eigenvalue weighted by atomic mass is 10.2. The predicted molar refractivity (Wildman–Crippen MR) is 104 cm³/mol. The lowest BCUT2D eigenvalue weighted by molar-refractivity contribution is 0.0942. The van der Waals surface area contributed by atoms with Gasteiger partial charge >= 0.3 is 0 Å². The molecule has 3 rings (SSSR count). The van der Waals surface area contributed by atoms with Gasteiger partial charge in [0.25, 0.3) is 11.7 Å². The first-order valence-corrected chi connectivity index (χ1v) is 10.5. The maximum absolute atomic E-state index is 13.1. The van der Waals surface area contributed by atoms with Crippen molar-refractivity contribution in [3.63, 3.8) is 0 Å². The van der Waals surface area contributed by atoms with Crippen LogP contribution < -0.4 is 5.32 Å². The molecular weight excluding hydrogens is 413 g/mol. The predicted octanol–water partition coefficient (Wildman–Crippen LogP) is 6.12. The summed E-state index contributed by atoms with van der Waals surface area (Å²) in [6.45, 7) is 3.66. The summed E-state index contributed by atoms with van der Waals surface area (Å²) in [4.78, 5) is 18.4. The van der Waals surface area contributed by atoms with E-state index in [2.05, 4.69) is 10.3 Å². The van der Waals surface area contributed by atoms with Gasteiger partial charge in [-0.2, -0.15) is 8.78 Å². The zero-order chi connectivity index (χ0) is 19.6. The lowest BCUT2D eigenvalue weighted by Crippen LogP contribution is -2.26. The zero-order valence-corrected chi connectivity index (χ0v) is 16.8. The first-order chi connectivity index (χ1) is 12.8. The molecule has 1 atom stereocenters. The van der Waals surface area contributed by atoms with Crippen molar-refractivity contribution in [2.45, 2.75) is 30.5 Å². The molecule has 1 aromatic carbocycles. The third-order valence-corrected chi connectivity index (χ3v) is 6.92. The number of alkyl halides is 2. The third kappa shape index (κ3) is 4.72. The number of nitrogens with one attached hydrogen (secondary N) is 1.